The number of anilines is 1. The third kappa shape index (κ3) is 2.73. The van der Waals surface area contributed by atoms with Gasteiger partial charge in [0.1, 0.15) is 5.82 Å². The Morgan fingerprint density at radius 1 is 1.33 bits per heavy atom. The largest absolute Gasteiger partial charge is 0.573 e. The maximum absolute atomic E-state index is 12.2. The van der Waals surface area contributed by atoms with Gasteiger partial charge in [0.25, 0.3) is 0 Å². The molecule has 4 nitrogen and oxygen atoms in total. The molecule has 0 aliphatic carbocycles. The van der Waals surface area contributed by atoms with Crippen molar-refractivity contribution in [1.82, 2.24) is 9.97 Å². The Morgan fingerprint density at radius 2 is 2.06 bits per heavy atom. The average Bonchev–Trinajstić information content (AvgIpc) is 2.66. The number of alkyl halides is 3. The van der Waals surface area contributed by atoms with Crippen molar-refractivity contribution in [2.45, 2.75) is 13.3 Å². The molecule has 0 atom stereocenters. The Labute approximate surface area is 101 Å². The van der Waals surface area contributed by atoms with E-state index in [4.69, 9.17) is 5.73 Å². The molecule has 0 unspecified atom stereocenters. The molecule has 96 valence electrons. The molecular formula is C11H10F3N3O. The van der Waals surface area contributed by atoms with Crippen LogP contribution in [0.15, 0.2) is 24.4 Å². The van der Waals surface area contributed by atoms with Gasteiger partial charge in [-0.25, -0.2) is 4.98 Å². The molecule has 2 aromatic rings. The zero-order chi connectivity index (χ0) is 13.3. The lowest BCUT2D eigenvalue weighted by molar-refractivity contribution is -0.274. The topological polar surface area (TPSA) is 63.9 Å². The lowest BCUT2D eigenvalue weighted by Gasteiger charge is -2.11. The molecule has 2 rings (SSSR count). The van der Waals surface area contributed by atoms with Gasteiger partial charge in [-0.05, 0) is 19.1 Å². The van der Waals surface area contributed by atoms with Crippen molar-refractivity contribution in [2.75, 3.05) is 5.73 Å². The van der Waals surface area contributed by atoms with Crippen molar-refractivity contribution in [3.05, 3.63) is 30.2 Å². The monoisotopic (exact) mass is 257 g/mol. The van der Waals surface area contributed by atoms with E-state index in [0.717, 1.165) is 0 Å². The Morgan fingerprint density at radius 3 is 2.61 bits per heavy atom. The van der Waals surface area contributed by atoms with Gasteiger partial charge in [0.2, 0.25) is 0 Å². The van der Waals surface area contributed by atoms with Crippen LogP contribution in [0.3, 0.4) is 0 Å². The number of H-pyrrole nitrogens is 1. The maximum atomic E-state index is 12.2. The van der Waals surface area contributed by atoms with E-state index in [1.807, 2.05) is 0 Å². The number of aryl methyl sites for hydroxylation is 1. The van der Waals surface area contributed by atoms with Gasteiger partial charge < -0.3 is 15.5 Å². The number of imidazole rings is 1. The van der Waals surface area contributed by atoms with Crippen LogP contribution in [0.4, 0.5) is 18.9 Å². The summed E-state index contributed by atoms with van der Waals surface area (Å²) < 4.78 is 40.3. The highest BCUT2D eigenvalue weighted by Crippen LogP contribution is 2.32. The van der Waals surface area contributed by atoms with Crippen molar-refractivity contribution < 1.29 is 17.9 Å². The summed E-state index contributed by atoms with van der Waals surface area (Å²) in [5.74, 6) is 0.243. The molecule has 0 saturated carbocycles. The van der Waals surface area contributed by atoms with Crippen LogP contribution in [-0.2, 0) is 0 Å². The lowest BCUT2D eigenvalue weighted by Crippen LogP contribution is -2.18. The second kappa shape index (κ2) is 4.25. The van der Waals surface area contributed by atoms with Gasteiger partial charge in [0.15, 0.2) is 5.75 Å². The third-order valence-corrected chi connectivity index (χ3v) is 2.25. The van der Waals surface area contributed by atoms with Crippen LogP contribution in [-0.4, -0.2) is 16.3 Å². The minimum absolute atomic E-state index is 0.0766. The predicted octanol–water partition coefficient (Wildman–Crippen LogP) is 2.87. The highest BCUT2D eigenvalue weighted by atomic mass is 19.4. The summed E-state index contributed by atoms with van der Waals surface area (Å²) >= 11 is 0. The van der Waals surface area contributed by atoms with E-state index in [1.54, 1.807) is 13.0 Å². The van der Waals surface area contributed by atoms with Crippen molar-refractivity contribution in [1.29, 1.82) is 0 Å². The first kappa shape index (κ1) is 12.3. The number of rotatable bonds is 2. The molecule has 0 saturated heterocycles. The number of nitrogens with zero attached hydrogens (tertiary/aromatic N) is 1. The SMILES string of the molecule is Cc1ncc(-c2ccc(N)c(OC(F)(F)F)c2)[nH]1. The Bertz CT molecular complexity index is 563. The highest BCUT2D eigenvalue weighted by Gasteiger charge is 2.32. The number of hydrogen-bond donors (Lipinski definition) is 2. The van der Waals surface area contributed by atoms with Gasteiger partial charge in [-0.1, -0.05) is 6.07 Å². The second-order valence-electron chi connectivity index (χ2n) is 3.68. The normalized spacial score (nSPS) is 11.6. The van der Waals surface area contributed by atoms with Crippen LogP contribution >= 0.6 is 0 Å². The quantitative estimate of drug-likeness (QED) is 0.813. The summed E-state index contributed by atoms with van der Waals surface area (Å²) in [7, 11) is 0. The van der Waals surface area contributed by atoms with Crippen molar-refractivity contribution in [3.63, 3.8) is 0 Å². The lowest BCUT2D eigenvalue weighted by atomic mass is 10.1. The average molecular weight is 257 g/mol. The van der Waals surface area contributed by atoms with Gasteiger partial charge in [0, 0.05) is 5.56 Å². The number of nitrogens with one attached hydrogen (secondary N) is 1. The molecule has 0 amide bonds. The molecule has 18 heavy (non-hydrogen) atoms. The first-order valence-corrected chi connectivity index (χ1v) is 5.02. The molecule has 1 aromatic heterocycles. The number of aromatic nitrogens is 2. The van der Waals surface area contributed by atoms with Crippen LogP contribution in [0, 0.1) is 6.92 Å². The molecule has 1 aromatic carbocycles. The van der Waals surface area contributed by atoms with E-state index in [9.17, 15) is 13.2 Å². The van der Waals surface area contributed by atoms with Gasteiger partial charge in [-0.15, -0.1) is 13.2 Å². The molecule has 0 radical (unpaired) electrons. The van der Waals surface area contributed by atoms with Crippen LogP contribution in [0.5, 0.6) is 5.75 Å². The minimum Gasteiger partial charge on any atom is -0.404 e. The number of halogens is 3. The van der Waals surface area contributed by atoms with Gasteiger partial charge in [0.05, 0.1) is 17.6 Å². The molecule has 0 bridgehead atoms. The van der Waals surface area contributed by atoms with E-state index in [2.05, 4.69) is 14.7 Å². The Hall–Kier alpha value is -2.18. The first-order chi connectivity index (χ1) is 8.35. The fourth-order valence-corrected chi connectivity index (χ4v) is 1.48. The zero-order valence-corrected chi connectivity index (χ0v) is 9.38. The third-order valence-electron chi connectivity index (χ3n) is 2.25. The molecular weight excluding hydrogens is 247 g/mol. The molecule has 0 aliphatic heterocycles. The molecule has 0 spiro atoms. The number of nitrogens with two attached hydrogens (primary N) is 1. The van der Waals surface area contributed by atoms with E-state index in [1.165, 1.54) is 18.3 Å². The Kier molecular flexibility index (Phi) is 2.90. The van der Waals surface area contributed by atoms with E-state index in [-0.39, 0.29) is 5.69 Å². The van der Waals surface area contributed by atoms with Crippen LogP contribution in [0.25, 0.3) is 11.3 Å². The predicted molar refractivity (Wildman–Crippen MR) is 59.9 cm³/mol. The number of aromatic amines is 1. The summed E-state index contributed by atoms with van der Waals surface area (Å²) in [5, 5.41) is 0. The first-order valence-electron chi connectivity index (χ1n) is 5.02. The van der Waals surface area contributed by atoms with Crippen molar-refractivity contribution >= 4 is 5.69 Å². The summed E-state index contributed by atoms with van der Waals surface area (Å²) in [5.41, 5.74) is 6.47. The summed E-state index contributed by atoms with van der Waals surface area (Å²) in [6, 6.07) is 4.16. The van der Waals surface area contributed by atoms with Crippen molar-refractivity contribution in [3.8, 4) is 17.0 Å². The van der Waals surface area contributed by atoms with E-state index in [0.29, 0.717) is 17.1 Å². The van der Waals surface area contributed by atoms with Crippen LogP contribution < -0.4 is 10.5 Å². The number of benzene rings is 1. The molecule has 1 heterocycles. The van der Waals surface area contributed by atoms with Gasteiger partial charge in [-0.2, -0.15) is 0 Å². The zero-order valence-electron chi connectivity index (χ0n) is 9.38. The van der Waals surface area contributed by atoms with Gasteiger partial charge in [-0.3, -0.25) is 0 Å². The summed E-state index contributed by atoms with van der Waals surface area (Å²) in [4.78, 5) is 6.88. The standard InChI is InChI=1S/C11H10F3N3O/c1-6-16-5-9(17-6)7-2-3-8(15)10(4-7)18-11(12,13)14/h2-5H,15H2,1H3,(H,16,17). The number of hydrogen-bond acceptors (Lipinski definition) is 3. The molecule has 0 fully saturated rings. The van der Waals surface area contributed by atoms with Crippen molar-refractivity contribution in [2.24, 2.45) is 0 Å². The van der Waals surface area contributed by atoms with Crippen LogP contribution in [0.1, 0.15) is 5.82 Å². The molecule has 7 heteroatoms. The smallest absolute Gasteiger partial charge is 0.404 e. The minimum atomic E-state index is -4.77. The maximum Gasteiger partial charge on any atom is 0.573 e. The summed E-state index contributed by atoms with van der Waals surface area (Å²) in [6.45, 7) is 1.74. The number of nitrogen functional groups attached to an aromatic ring is 1. The molecule has 0 aliphatic rings. The Balaban J connectivity index is 2.37. The van der Waals surface area contributed by atoms with E-state index >= 15 is 0 Å². The summed E-state index contributed by atoms with van der Waals surface area (Å²) in [6.07, 6.45) is -3.24. The highest BCUT2D eigenvalue weighted by molar-refractivity contribution is 5.67. The van der Waals surface area contributed by atoms with E-state index < -0.39 is 12.1 Å². The fourth-order valence-electron chi connectivity index (χ4n) is 1.48. The van der Waals surface area contributed by atoms with Crippen LogP contribution in [0.2, 0.25) is 0 Å². The van der Waals surface area contributed by atoms with Gasteiger partial charge >= 0.3 is 6.36 Å². The fraction of sp³-hybridized carbons (Fsp3) is 0.182. The number of ether oxygens (including phenoxy) is 1. The second-order valence-corrected chi connectivity index (χ2v) is 3.68. The molecule has 3 N–H and O–H groups in total.